The van der Waals surface area contributed by atoms with E-state index in [9.17, 15) is 0 Å². The summed E-state index contributed by atoms with van der Waals surface area (Å²) in [4.78, 5) is 5.65. The van der Waals surface area contributed by atoms with Gasteiger partial charge in [-0.3, -0.25) is 0 Å². The van der Waals surface area contributed by atoms with Gasteiger partial charge in [0, 0.05) is 5.69 Å². The summed E-state index contributed by atoms with van der Waals surface area (Å²) in [6.07, 6.45) is 13.0. The fourth-order valence-corrected chi connectivity index (χ4v) is 23.7. The molecule has 59 heavy (non-hydrogen) atoms. The van der Waals surface area contributed by atoms with Crippen molar-refractivity contribution in [2.24, 2.45) is 10.4 Å². The first-order chi connectivity index (χ1) is 29.1. The van der Waals surface area contributed by atoms with Crippen molar-refractivity contribution in [1.29, 1.82) is 0 Å². The Hall–Kier alpha value is -4.84. The minimum absolute atomic E-state index is 0.0356. The number of nitrogens with zero attached hydrogens (tertiary/aromatic N) is 2. The molecule has 2 nitrogen and oxygen atoms in total. The predicted molar refractivity (Wildman–Crippen MR) is 278 cm³/mol. The van der Waals surface area contributed by atoms with Crippen molar-refractivity contribution in [1.82, 2.24) is 4.57 Å². The molecule has 0 bridgehead atoms. The first kappa shape index (κ1) is 36.0. The summed E-state index contributed by atoms with van der Waals surface area (Å²) in [7, 11) is 0. The van der Waals surface area contributed by atoms with E-state index in [1.807, 2.05) is 0 Å². The molecule has 2 aliphatic carbocycles. The van der Waals surface area contributed by atoms with E-state index in [-0.39, 0.29) is 5.41 Å². The molecule has 2 aliphatic heterocycles. The molecule has 7 aromatic carbocycles. The van der Waals surface area contributed by atoms with Gasteiger partial charge >= 0.3 is 321 Å². The van der Waals surface area contributed by atoms with E-state index in [2.05, 4.69) is 206 Å². The molecule has 0 fully saturated rings. The van der Waals surface area contributed by atoms with Crippen molar-refractivity contribution in [2.45, 2.75) is 13.3 Å². The van der Waals surface area contributed by atoms with E-state index in [1.165, 1.54) is 82.6 Å². The van der Waals surface area contributed by atoms with Crippen LogP contribution in [0.4, 0.5) is 0 Å². The number of fused-ring (bicyclic) bond motifs is 9. The molecule has 12 rings (SSSR count). The van der Waals surface area contributed by atoms with Crippen molar-refractivity contribution >= 4 is 108 Å². The number of aromatic nitrogens is 1. The SMILES string of the molecule is CC12C=CC=CC1=C1C(=CC2)I(c2ccc(C3=IC(c4ccccc4)=IC(c4ccc5c(c4)c4ccccc4n5-c4ccccc4)=N3)cc2)c2ccc3ccccc3c21. The van der Waals surface area contributed by atoms with Crippen LogP contribution in [0.25, 0.3) is 43.8 Å². The van der Waals surface area contributed by atoms with E-state index < -0.39 is 61.3 Å². The summed E-state index contributed by atoms with van der Waals surface area (Å²) >= 11 is -2.84. The van der Waals surface area contributed by atoms with Gasteiger partial charge in [0.05, 0.1) is 0 Å². The van der Waals surface area contributed by atoms with Crippen LogP contribution < -0.4 is 0 Å². The number of rotatable bonds is 5. The van der Waals surface area contributed by atoms with Crippen LogP contribution in [-0.2, 0) is 0 Å². The summed E-state index contributed by atoms with van der Waals surface area (Å²) in [5.41, 5.74) is 12.1. The Morgan fingerprint density at radius 1 is 0.627 bits per heavy atom. The molecule has 0 saturated carbocycles. The molecule has 0 radical (unpaired) electrons. The maximum atomic E-state index is 5.65. The summed E-state index contributed by atoms with van der Waals surface area (Å²) in [6.45, 7) is 2.42. The maximum absolute atomic E-state index is 5.65. The van der Waals surface area contributed by atoms with Crippen molar-refractivity contribution in [3.8, 4) is 5.69 Å². The predicted octanol–water partition coefficient (Wildman–Crippen LogP) is 14.7. The zero-order chi connectivity index (χ0) is 39.1. The van der Waals surface area contributed by atoms with Gasteiger partial charge in [-0.2, -0.15) is 0 Å². The van der Waals surface area contributed by atoms with Crippen LogP contribution >= 0.6 is 61.3 Å². The van der Waals surface area contributed by atoms with Gasteiger partial charge in [-0.25, -0.2) is 0 Å². The van der Waals surface area contributed by atoms with Gasteiger partial charge in [-0.05, 0) is 18.2 Å². The van der Waals surface area contributed by atoms with Gasteiger partial charge in [-0.15, -0.1) is 0 Å². The summed E-state index contributed by atoms with van der Waals surface area (Å²) in [5, 5.41) is 5.28. The molecule has 5 heteroatoms. The Kier molecular flexibility index (Phi) is 8.81. The van der Waals surface area contributed by atoms with Gasteiger partial charge in [0.1, 0.15) is 0 Å². The number of aliphatic imine (C=N–C) groups is 1. The fraction of sp³-hybridized carbons (Fsp3) is 0.0556. The molecule has 8 aromatic rings. The zero-order valence-electron chi connectivity index (χ0n) is 32.2. The van der Waals surface area contributed by atoms with Crippen molar-refractivity contribution in [3.63, 3.8) is 0 Å². The number of para-hydroxylation sites is 2. The van der Waals surface area contributed by atoms with Crippen molar-refractivity contribution in [2.75, 3.05) is 0 Å². The second-order valence-electron chi connectivity index (χ2n) is 15.5. The van der Waals surface area contributed by atoms with Crippen molar-refractivity contribution in [3.05, 3.63) is 233 Å². The molecule has 3 heterocycles. The minimum atomic E-state index is -1.97. The van der Waals surface area contributed by atoms with E-state index in [0.717, 1.165) is 6.42 Å². The van der Waals surface area contributed by atoms with Gasteiger partial charge in [0.15, 0.2) is 0 Å². The van der Waals surface area contributed by atoms with Crippen LogP contribution in [0.3, 0.4) is 0 Å². The third-order valence-corrected chi connectivity index (χ3v) is 25.8. The summed E-state index contributed by atoms with van der Waals surface area (Å²) < 4.78 is 11.3. The van der Waals surface area contributed by atoms with E-state index in [4.69, 9.17) is 4.99 Å². The van der Waals surface area contributed by atoms with Gasteiger partial charge in [0.25, 0.3) is 0 Å². The van der Waals surface area contributed by atoms with Crippen LogP contribution in [-0.4, -0.2) is 13.4 Å². The molecule has 0 saturated heterocycles. The second-order valence-corrected chi connectivity index (χ2v) is 28.1. The Morgan fingerprint density at radius 3 is 2.20 bits per heavy atom. The average molecular weight is 1090 g/mol. The standard InChI is InChI=1S/C54H37I3N2/c1-54-32-13-12-21-44(54)50-46(31-33-54)57(45-29-25-35-14-8-9-19-41(35)49(45)50)39-27-23-37(24-28-39)52-55-51(36-15-4-2-5-16-36)56-53(58-52)38-26-30-48-43(34-38)42-20-10-11-22-47(42)59(48)40-17-6-3-7-18-40/h2-32,34H,33H2,1H3. The van der Waals surface area contributed by atoms with Crippen molar-refractivity contribution < 1.29 is 0 Å². The summed E-state index contributed by atoms with van der Waals surface area (Å²) in [6, 6.07) is 61.4. The van der Waals surface area contributed by atoms with E-state index >= 15 is 0 Å². The molecule has 284 valence electrons. The topological polar surface area (TPSA) is 17.3 Å². The van der Waals surface area contributed by atoms with Crippen LogP contribution in [0, 0.1) is 12.6 Å². The van der Waals surface area contributed by atoms with Gasteiger partial charge in [-0.1, -0.05) is 30.3 Å². The molecule has 0 amide bonds. The third-order valence-electron chi connectivity index (χ3n) is 12.0. The Bertz CT molecular complexity index is 3290. The number of halogens is 3. The number of hydrogen-bond donors (Lipinski definition) is 0. The van der Waals surface area contributed by atoms with Crippen LogP contribution in [0.15, 0.2) is 208 Å². The molecule has 1 aromatic heterocycles. The van der Waals surface area contributed by atoms with Crippen LogP contribution in [0.2, 0.25) is 0 Å². The monoisotopic (exact) mass is 1090 g/mol. The third kappa shape index (κ3) is 5.93. The molecular weight excluding hydrogens is 1060 g/mol. The average Bonchev–Trinajstić information content (AvgIpc) is 3.82. The van der Waals surface area contributed by atoms with Gasteiger partial charge in [0.2, 0.25) is 0 Å². The van der Waals surface area contributed by atoms with Gasteiger partial charge < -0.3 is 0 Å². The van der Waals surface area contributed by atoms with E-state index in [0.29, 0.717) is 0 Å². The van der Waals surface area contributed by atoms with Crippen LogP contribution in [0.1, 0.15) is 35.6 Å². The zero-order valence-corrected chi connectivity index (χ0v) is 38.7. The Labute approximate surface area is 371 Å². The molecule has 0 spiro atoms. The first-order valence-corrected chi connectivity index (χ1v) is 27.6. The normalized spacial score (nSPS) is 19.0. The molecule has 1 unspecified atom stereocenters. The summed E-state index contributed by atoms with van der Waals surface area (Å²) in [5.74, 6) is 0. The molecular formula is C54H37I3N2. The Balaban J connectivity index is 0.973. The first-order valence-electron chi connectivity index (χ1n) is 20.0. The van der Waals surface area contributed by atoms with Crippen LogP contribution in [0.5, 0.6) is 0 Å². The quantitative estimate of drug-likeness (QED) is 0.153. The number of allylic oxidation sites excluding steroid dienone is 8. The molecule has 0 N–H and O–H groups in total. The number of benzene rings is 7. The second kappa shape index (κ2) is 14.4. The number of hydrogen-bond acceptors (Lipinski definition) is 1. The molecule has 4 aliphatic rings. The fourth-order valence-electron chi connectivity index (χ4n) is 9.09. The Morgan fingerprint density at radius 2 is 1.36 bits per heavy atom. The molecule has 1 atom stereocenters. The van der Waals surface area contributed by atoms with E-state index in [1.54, 1.807) is 8.67 Å².